The lowest BCUT2D eigenvalue weighted by atomic mass is 10.2. The predicted molar refractivity (Wildman–Crippen MR) is 69.0 cm³/mol. The van der Waals surface area contributed by atoms with Crippen LogP contribution in [0.3, 0.4) is 0 Å². The number of ether oxygens (including phenoxy) is 1. The average molecular weight is 275 g/mol. The van der Waals surface area contributed by atoms with Crippen molar-refractivity contribution < 1.29 is 17.5 Å². The largest absolute Gasteiger partial charge is 0.490 e. The van der Waals surface area contributed by atoms with E-state index in [0.717, 1.165) is 5.56 Å². The molecule has 18 heavy (non-hydrogen) atoms. The summed E-state index contributed by atoms with van der Waals surface area (Å²) in [6, 6.07) is 4.71. The summed E-state index contributed by atoms with van der Waals surface area (Å²) in [6.07, 6.45) is 1.52. The van der Waals surface area contributed by atoms with Crippen molar-refractivity contribution in [1.82, 2.24) is 5.32 Å². The minimum Gasteiger partial charge on any atom is -0.490 e. The lowest BCUT2D eigenvalue weighted by molar-refractivity contribution is 0.297. The van der Waals surface area contributed by atoms with Gasteiger partial charge in [-0.1, -0.05) is 12.1 Å². The summed E-state index contributed by atoms with van der Waals surface area (Å²) in [4.78, 5) is 0. The van der Waals surface area contributed by atoms with Gasteiger partial charge in [0.05, 0.1) is 12.4 Å². The topological polar surface area (TPSA) is 55.4 Å². The molecular formula is C12H18FNO3S. The van der Waals surface area contributed by atoms with Gasteiger partial charge in [-0.15, -0.1) is 0 Å². The zero-order chi connectivity index (χ0) is 13.6. The molecule has 0 aliphatic carbocycles. The zero-order valence-electron chi connectivity index (χ0n) is 10.6. The Morgan fingerprint density at radius 3 is 2.72 bits per heavy atom. The van der Waals surface area contributed by atoms with Crippen LogP contribution in [0.1, 0.15) is 12.0 Å². The molecule has 0 unspecified atom stereocenters. The highest BCUT2D eigenvalue weighted by Gasteiger charge is 2.09. The minimum atomic E-state index is -3.00. The third kappa shape index (κ3) is 5.01. The lowest BCUT2D eigenvalue weighted by Gasteiger charge is -2.11. The van der Waals surface area contributed by atoms with Crippen molar-refractivity contribution in [3.05, 3.63) is 29.6 Å². The summed E-state index contributed by atoms with van der Waals surface area (Å²) in [5.74, 6) is -0.189. The highest BCUT2D eigenvalue weighted by molar-refractivity contribution is 7.90. The quantitative estimate of drug-likeness (QED) is 0.763. The number of nitrogens with one attached hydrogen (secondary N) is 1. The van der Waals surface area contributed by atoms with E-state index in [-0.39, 0.29) is 18.1 Å². The van der Waals surface area contributed by atoms with Gasteiger partial charge in [-0.25, -0.2) is 12.8 Å². The van der Waals surface area contributed by atoms with E-state index in [2.05, 4.69) is 5.32 Å². The predicted octanol–water partition coefficient (Wildman–Crippen LogP) is 1.36. The van der Waals surface area contributed by atoms with Gasteiger partial charge in [0.2, 0.25) is 0 Å². The number of para-hydroxylation sites is 1. The standard InChI is InChI=1S/C12H18FNO3S/c1-14-9-10-5-3-6-11(13)12(10)17-7-4-8-18(2,15)16/h3,5-6,14H,4,7-9H2,1-2H3. The molecule has 0 spiro atoms. The maximum absolute atomic E-state index is 13.6. The zero-order valence-corrected chi connectivity index (χ0v) is 11.4. The number of rotatable bonds is 7. The fraction of sp³-hybridized carbons (Fsp3) is 0.500. The van der Waals surface area contributed by atoms with Crippen molar-refractivity contribution in [3.8, 4) is 5.75 Å². The fourth-order valence-corrected chi connectivity index (χ4v) is 2.18. The van der Waals surface area contributed by atoms with Gasteiger partial charge in [-0.2, -0.15) is 0 Å². The van der Waals surface area contributed by atoms with Crippen LogP contribution in [0, 0.1) is 5.82 Å². The summed E-state index contributed by atoms with van der Waals surface area (Å²) in [5, 5.41) is 2.92. The molecule has 0 bridgehead atoms. The van der Waals surface area contributed by atoms with Crippen LogP contribution in [-0.2, 0) is 16.4 Å². The smallest absolute Gasteiger partial charge is 0.165 e. The van der Waals surface area contributed by atoms with E-state index in [1.807, 2.05) is 0 Å². The molecular weight excluding hydrogens is 257 g/mol. The van der Waals surface area contributed by atoms with Gasteiger partial charge in [0.1, 0.15) is 9.84 Å². The van der Waals surface area contributed by atoms with Crippen LogP contribution in [-0.4, -0.2) is 34.1 Å². The van der Waals surface area contributed by atoms with Crippen LogP contribution in [0.4, 0.5) is 4.39 Å². The Morgan fingerprint density at radius 2 is 2.11 bits per heavy atom. The normalized spacial score (nSPS) is 11.5. The Bertz CT molecular complexity index is 488. The van der Waals surface area contributed by atoms with E-state index in [9.17, 15) is 12.8 Å². The Balaban J connectivity index is 2.60. The van der Waals surface area contributed by atoms with E-state index in [0.29, 0.717) is 13.0 Å². The number of sulfone groups is 1. The van der Waals surface area contributed by atoms with Crippen molar-refractivity contribution in [2.45, 2.75) is 13.0 Å². The van der Waals surface area contributed by atoms with Crippen LogP contribution < -0.4 is 10.1 Å². The number of halogens is 1. The Morgan fingerprint density at radius 1 is 1.39 bits per heavy atom. The molecule has 0 aromatic heterocycles. The van der Waals surface area contributed by atoms with E-state index >= 15 is 0 Å². The maximum atomic E-state index is 13.6. The lowest BCUT2D eigenvalue weighted by Crippen LogP contribution is -2.11. The van der Waals surface area contributed by atoms with Gasteiger partial charge in [0.25, 0.3) is 0 Å². The molecule has 0 aliphatic rings. The molecule has 4 nitrogen and oxygen atoms in total. The van der Waals surface area contributed by atoms with Gasteiger partial charge in [0.15, 0.2) is 11.6 Å². The Kier molecular flexibility index (Phi) is 5.55. The van der Waals surface area contributed by atoms with E-state index < -0.39 is 15.7 Å². The second kappa shape index (κ2) is 6.70. The van der Waals surface area contributed by atoms with Gasteiger partial charge in [-0.05, 0) is 19.5 Å². The van der Waals surface area contributed by atoms with E-state index in [1.54, 1.807) is 19.2 Å². The molecule has 0 aliphatic heterocycles. The fourth-order valence-electron chi connectivity index (χ4n) is 1.54. The monoisotopic (exact) mass is 275 g/mol. The van der Waals surface area contributed by atoms with Crippen molar-refractivity contribution in [2.24, 2.45) is 0 Å². The summed E-state index contributed by atoms with van der Waals surface area (Å²) in [7, 11) is -1.23. The second-order valence-electron chi connectivity index (χ2n) is 4.09. The summed E-state index contributed by atoms with van der Waals surface area (Å²) >= 11 is 0. The number of hydrogen-bond acceptors (Lipinski definition) is 4. The molecule has 6 heteroatoms. The van der Waals surface area contributed by atoms with Crippen LogP contribution in [0.15, 0.2) is 18.2 Å². The third-order valence-corrected chi connectivity index (χ3v) is 3.35. The molecule has 0 saturated carbocycles. The molecule has 0 atom stereocenters. The van der Waals surface area contributed by atoms with Crippen molar-refractivity contribution in [1.29, 1.82) is 0 Å². The average Bonchev–Trinajstić information content (AvgIpc) is 2.26. The third-order valence-electron chi connectivity index (χ3n) is 2.32. The van der Waals surface area contributed by atoms with Crippen molar-refractivity contribution in [2.75, 3.05) is 25.7 Å². The SMILES string of the molecule is CNCc1cccc(F)c1OCCCS(C)(=O)=O. The molecule has 0 amide bonds. The molecule has 1 rings (SSSR count). The summed E-state index contributed by atoms with van der Waals surface area (Å²) in [5.41, 5.74) is 0.719. The van der Waals surface area contributed by atoms with Gasteiger partial charge in [-0.3, -0.25) is 0 Å². The van der Waals surface area contributed by atoms with E-state index in [4.69, 9.17) is 4.74 Å². The van der Waals surface area contributed by atoms with Gasteiger partial charge >= 0.3 is 0 Å². The molecule has 1 aromatic rings. The molecule has 0 fully saturated rings. The second-order valence-corrected chi connectivity index (χ2v) is 6.35. The minimum absolute atomic E-state index is 0.0445. The number of benzene rings is 1. The highest BCUT2D eigenvalue weighted by Crippen LogP contribution is 2.22. The first kappa shape index (κ1) is 14.9. The van der Waals surface area contributed by atoms with Crippen molar-refractivity contribution >= 4 is 9.84 Å². The number of hydrogen-bond donors (Lipinski definition) is 1. The summed E-state index contributed by atoms with van der Waals surface area (Å²) < 4.78 is 40.8. The highest BCUT2D eigenvalue weighted by atomic mass is 32.2. The molecule has 1 N–H and O–H groups in total. The molecule has 0 radical (unpaired) electrons. The molecule has 102 valence electrons. The van der Waals surface area contributed by atoms with Crippen molar-refractivity contribution in [3.63, 3.8) is 0 Å². The molecule has 1 aromatic carbocycles. The molecule has 0 heterocycles. The first-order valence-electron chi connectivity index (χ1n) is 5.66. The first-order valence-corrected chi connectivity index (χ1v) is 7.72. The first-order chi connectivity index (χ1) is 8.44. The van der Waals surface area contributed by atoms with Gasteiger partial charge in [0, 0.05) is 18.4 Å². The van der Waals surface area contributed by atoms with E-state index in [1.165, 1.54) is 12.3 Å². The van der Waals surface area contributed by atoms with Crippen LogP contribution in [0.25, 0.3) is 0 Å². The van der Waals surface area contributed by atoms with Crippen LogP contribution in [0.2, 0.25) is 0 Å². The van der Waals surface area contributed by atoms with Crippen LogP contribution in [0.5, 0.6) is 5.75 Å². The Labute approximate surface area is 107 Å². The Hall–Kier alpha value is -1.14. The van der Waals surface area contributed by atoms with Crippen LogP contribution >= 0.6 is 0 Å². The molecule has 0 saturated heterocycles. The summed E-state index contributed by atoms with van der Waals surface area (Å²) in [6.45, 7) is 0.684. The van der Waals surface area contributed by atoms with Gasteiger partial charge < -0.3 is 10.1 Å². The maximum Gasteiger partial charge on any atom is 0.165 e.